The molecule has 0 spiro atoms. The second-order valence-electron chi connectivity index (χ2n) is 12.1. The number of rotatable bonds is 23. The normalized spacial score (nSPS) is 12.5. The third kappa shape index (κ3) is 13.4. The molecule has 0 saturated carbocycles. The third-order valence-electron chi connectivity index (χ3n) is 8.48. The van der Waals surface area contributed by atoms with E-state index < -0.39 is 43.1 Å². The van der Waals surface area contributed by atoms with Gasteiger partial charge in [-0.3, -0.25) is 9.59 Å². The predicted octanol–water partition coefficient (Wildman–Crippen LogP) is 2.57. The first-order valence-corrected chi connectivity index (χ1v) is 21.2. The van der Waals surface area contributed by atoms with Crippen molar-refractivity contribution in [1.29, 1.82) is 0 Å². The van der Waals surface area contributed by atoms with Crippen LogP contribution in [0.1, 0.15) is 46.0 Å². The summed E-state index contributed by atoms with van der Waals surface area (Å²) >= 11 is 1.38. The maximum absolute atomic E-state index is 13.2. The number of esters is 2. The summed E-state index contributed by atoms with van der Waals surface area (Å²) in [5.41, 5.74) is 5.58. The molecule has 3 rings (SSSR count). The molecule has 5 N–H and O–H groups in total. The molecule has 0 fully saturated rings. The van der Waals surface area contributed by atoms with Gasteiger partial charge in [0.1, 0.15) is 6.54 Å². The van der Waals surface area contributed by atoms with Crippen LogP contribution in [0.5, 0.6) is 0 Å². The first-order chi connectivity index (χ1) is 25.2. The van der Waals surface area contributed by atoms with Crippen LogP contribution in [0.2, 0.25) is 0 Å². The van der Waals surface area contributed by atoms with Gasteiger partial charge in [0.25, 0.3) is 0 Å². The summed E-state index contributed by atoms with van der Waals surface area (Å²) < 4.78 is 10.1. The quantitative estimate of drug-likeness (QED) is 0.0648. The van der Waals surface area contributed by atoms with E-state index in [0.29, 0.717) is 18.7 Å². The van der Waals surface area contributed by atoms with Crippen LogP contribution in [-0.2, 0) is 33.4 Å². The standard InChI is InChI=1S/C39H53N4O7PS/c1-3-49-37(46)28-41-38(47)34(29-52-27-25-40)43-36(45)24-23-33(39(48)50-4-2)42-35(44)22-14-15-26-51(30-16-8-5-9-17-30,31-18-10-6-11-19-31)32-20-12-7-13-21-32/h5-13,16-21,33-34,51H,3-4,14-15,22-29,40H2,1-2H3,(H,41,47)(H,42,44)(H,43,45). The zero-order chi connectivity index (χ0) is 37.6. The van der Waals surface area contributed by atoms with Gasteiger partial charge < -0.3 is 15.8 Å². The van der Waals surface area contributed by atoms with Crippen LogP contribution in [0.15, 0.2) is 91.0 Å². The molecule has 0 aliphatic heterocycles. The molecule has 0 saturated heterocycles. The molecule has 3 aromatic carbocycles. The van der Waals surface area contributed by atoms with Crippen LogP contribution in [0.4, 0.5) is 0 Å². The van der Waals surface area contributed by atoms with E-state index in [9.17, 15) is 24.0 Å². The SMILES string of the molecule is CCOC(=O)CNC(=O)C(CSCCN)NC(=O)CCC(NC(=O)CCCC[PH](c1ccccc1)(c1ccccc1)c1ccccc1)C(=O)OCC. The Morgan fingerprint density at radius 1 is 0.712 bits per heavy atom. The van der Waals surface area contributed by atoms with Gasteiger partial charge in [0.2, 0.25) is 5.91 Å². The zero-order valence-corrected chi connectivity index (χ0v) is 32.0. The molecule has 2 unspecified atom stereocenters. The number of nitrogens with two attached hydrogens (primary N) is 1. The molecule has 52 heavy (non-hydrogen) atoms. The molecule has 11 nitrogen and oxygen atoms in total. The van der Waals surface area contributed by atoms with Gasteiger partial charge in [-0.15, -0.1) is 0 Å². The van der Waals surface area contributed by atoms with Crippen molar-refractivity contribution in [2.24, 2.45) is 5.73 Å². The summed E-state index contributed by atoms with van der Waals surface area (Å²) in [6, 6.07) is 29.8. The fourth-order valence-electron chi connectivity index (χ4n) is 6.04. The number of ether oxygens (including phenoxy) is 2. The Labute approximate surface area is 311 Å². The van der Waals surface area contributed by atoms with Gasteiger partial charge in [-0.1, -0.05) is 0 Å². The van der Waals surface area contributed by atoms with Crippen molar-refractivity contribution >= 4 is 64.6 Å². The van der Waals surface area contributed by atoms with E-state index in [2.05, 4.69) is 88.7 Å². The van der Waals surface area contributed by atoms with E-state index in [0.717, 1.165) is 12.6 Å². The Balaban J connectivity index is 1.63. The molecule has 0 bridgehead atoms. The maximum atomic E-state index is 13.2. The average Bonchev–Trinajstić information content (AvgIpc) is 3.16. The Morgan fingerprint density at radius 3 is 1.75 bits per heavy atom. The molecule has 13 heteroatoms. The van der Waals surface area contributed by atoms with Crippen molar-refractivity contribution in [2.45, 2.75) is 58.0 Å². The van der Waals surface area contributed by atoms with Gasteiger partial charge in [0, 0.05) is 18.1 Å². The average molecular weight is 753 g/mol. The predicted molar refractivity (Wildman–Crippen MR) is 211 cm³/mol. The Bertz CT molecular complexity index is 1450. The summed E-state index contributed by atoms with van der Waals surface area (Å²) in [5, 5.41) is 11.8. The molecule has 282 valence electrons. The van der Waals surface area contributed by atoms with E-state index in [-0.39, 0.29) is 50.7 Å². The monoisotopic (exact) mass is 752 g/mol. The second kappa shape index (κ2) is 23.3. The van der Waals surface area contributed by atoms with Gasteiger partial charge in [0.05, 0.1) is 6.61 Å². The summed E-state index contributed by atoms with van der Waals surface area (Å²) in [6.45, 7) is 3.69. The Kier molecular flexibility index (Phi) is 18.9. The minimum absolute atomic E-state index is 0.0183. The van der Waals surface area contributed by atoms with Gasteiger partial charge in [-0.2, -0.15) is 11.8 Å². The number of hydrogen-bond donors (Lipinski definition) is 4. The molecular weight excluding hydrogens is 699 g/mol. The van der Waals surface area contributed by atoms with Gasteiger partial charge >= 0.3 is 232 Å². The number of thioether (sulfide) groups is 1. The fraction of sp³-hybridized carbons (Fsp3) is 0.410. The Hall–Kier alpha value is -4.25. The third-order valence-corrected chi connectivity index (χ3v) is 14.6. The number of nitrogens with one attached hydrogen (secondary N) is 3. The summed E-state index contributed by atoms with van der Waals surface area (Å²) in [7, 11) is -2.44. The van der Waals surface area contributed by atoms with Crippen molar-refractivity contribution in [3.05, 3.63) is 91.0 Å². The number of amides is 3. The molecule has 0 aromatic heterocycles. The molecule has 0 heterocycles. The molecular formula is C39H53N4O7PS. The van der Waals surface area contributed by atoms with Crippen LogP contribution in [0.3, 0.4) is 0 Å². The molecule has 0 aliphatic carbocycles. The zero-order valence-electron chi connectivity index (χ0n) is 30.1. The topological polar surface area (TPSA) is 166 Å². The number of unbranched alkanes of at least 4 members (excludes halogenated alkanes) is 1. The van der Waals surface area contributed by atoms with Crippen molar-refractivity contribution in [2.75, 3.05) is 44.0 Å². The van der Waals surface area contributed by atoms with E-state index >= 15 is 0 Å². The van der Waals surface area contributed by atoms with Crippen LogP contribution < -0.4 is 37.6 Å². The molecule has 0 aliphatic rings. The van der Waals surface area contributed by atoms with Gasteiger partial charge in [-0.25, -0.2) is 0 Å². The van der Waals surface area contributed by atoms with E-state index in [1.165, 1.54) is 27.7 Å². The van der Waals surface area contributed by atoms with Crippen molar-refractivity contribution in [3.63, 3.8) is 0 Å². The van der Waals surface area contributed by atoms with E-state index in [1.54, 1.807) is 13.8 Å². The summed E-state index contributed by atoms with van der Waals surface area (Å²) in [4.78, 5) is 63.5. The molecule has 3 amide bonds. The molecule has 3 aromatic rings. The minimum atomic E-state index is -2.44. The molecule has 0 radical (unpaired) electrons. The van der Waals surface area contributed by atoms with Crippen molar-refractivity contribution in [3.8, 4) is 0 Å². The van der Waals surface area contributed by atoms with Crippen LogP contribution in [-0.4, -0.2) is 85.7 Å². The summed E-state index contributed by atoms with van der Waals surface area (Å²) in [6.07, 6.45) is 2.31. The number of benzene rings is 3. The first kappa shape index (κ1) is 42.2. The molecule has 2 atom stereocenters. The fourth-order valence-corrected chi connectivity index (χ4v) is 11.8. The second-order valence-corrected chi connectivity index (χ2v) is 17.3. The first-order valence-electron chi connectivity index (χ1n) is 17.9. The van der Waals surface area contributed by atoms with Crippen LogP contribution >= 0.6 is 19.0 Å². The number of carbonyl (C=O) groups is 5. The van der Waals surface area contributed by atoms with E-state index in [4.69, 9.17) is 15.2 Å². The van der Waals surface area contributed by atoms with Crippen LogP contribution in [0, 0.1) is 0 Å². The van der Waals surface area contributed by atoms with Gasteiger partial charge in [-0.05, 0) is 6.92 Å². The Morgan fingerprint density at radius 2 is 1.23 bits per heavy atom. The van der Waals surface area contributed by atoms with Crippen LogP contribution in [0.25, 0.3) is 0 Å². The summed E-state index contributed by atoms with van der Waals surface area (Å²) in [5.74, 6) is -1.75. The number of hydrogen-bond acceptors (Lipinski definition) is 9. The van der Waals surface area contributed by atoms with E-state index in [1.807, 2.05) is 18.2 Å². The van der Waals surface area contributed by atoms with Crippen molar-refractivity contribution < 1.29 is 33.4 Å². The van der Waals surface area contributed by atoms with Gasteiger partial charge in [0.15, 0.2) is 0 Å². The van der Waals surface area contributed by atoms with Crippen molar-refractivity contribution in [1.82, 2.24) is 16.0 Å². The number of carbonyl (C=O) groups excluding carboxylic acids is 5.